The Balaban J connectivity index is 1.52. The molecule has 2 saturated carbocycles. The summed E-state index contributed by atoms with van der Waals surface area (Å²) in [6, 6.07) is 6.25. The summed E-state index contributed by atoms with van der Waals surface area (Å²) in [5, 5.41) is 2.96. The summed E-state index contributed by atoms with van der Waals surface area (Å²) in [5.41, 5.74) is 1.24. The maximum absolute atomic E-state index is 11.4. The Morgan fingerprint density at radius 1 is 1.13 bits per heavy atom. The Morgan fingerprint density at radius 3 is 2.70 bits per heavy atom. The van der Waals surface area contributed by atoms with Crippen LogP contribution < -0.4 is 14.8 Å². The first-order valence-electron chi connectivity index (χ1n) is 8.84. The van der Waals surface area contributed by atoms with E-state index in [2.05, 4.69) is 17.4 Å². The predicted molar refractivity (Wildman–Crippen MR) is 87.8 cm³/mol. The number of ether oxygens (including phenoxy) is 2. The molecule has 124 valence electrons. The third-order valence-electron chi connectivity index (χ3n) is 5.88. The van der Waals surface area contributed by atoms with Gasteiger partial charge in [-0.3, -0.25) is 4.79 Å². The zero-order chi connectivity index (χ0) is 15.8. The molecule has 4 atom stereocenters. The average molecular weight is 315 g/mol. The van der Waals surface area contributed by atoms with Crippen LogP contribution in [0, 0.1) is 11.8 Å². The molecule has 1 unspecified atom stereocenters. The minimum absolute atomic E-state index is 0.160. The quantitative estimate of drug-likeness (QED) is 0.928. The van der Waals surface area contributed by atoms with Crippen molar-refractivity contribution in [3.05, 3.63) is 23.8 Å². The van der Waals surface area contributed by atoms with E-state index >= 15 is 0 Å². The van der Waals surface area contributed by atoms with Crippen LogP contribution in [-0.4, -0.2) is 25.7 Å². The van der Waals surface area contributed by atoms with E-state index in [1.54, 1.807) is 7.11 Å². The third kappa shape index (κ3) is 2.91. The van der Waals surface area contributed by atoms with Crippen LogP contribution in [0.25, 0.3) is 0 Å². The lowest BCUT2D eigenvalue weighted by Crippen LogP contribution is -2.33. The second-order valence-electron chi connectivity index (χ2n) is 7.28. The summed E-state index contributed by atoms with van der Waals surface area (Å²) in [6.07, 6.45) is 7.09. The van der Waals surface area contributed by atoms with Gasteiger partial charge in [-0.05, 0) is 61.6 Å². The fourth-order valence-electron chi connectivity index (χ4n) is 4.55. The van der Waals surface area contributed by atoms with E-state index < -0.39 is 0 Å². The number of rotatable bonds is 4. The molecule has 1 aromatic carbocycles. The molecule has 4 rings (SSSR count). The molecule has 1 amide bonds. The van der Waals surface area contributed by atoms with Crippen molar-refractivity contribution < 1.29 is 14.3 Å². The molecule has 0 spiro atoms. The van der Waals surface area contributed by atoms with Gasteiger partial charge in [0.15, 0.2) is 11.5 Å². The number of hydrogen-bond donors (Lipinski definition) is 1. The second-order valence-corrected chi connectivity index (χ2v) is 7.28. The summed E-state index contributed by atoms with van der Waals surface area (Å²) >= 11 is 0. The Bertz CT molecular complexity index is 590. The number of carbonyl (C=O) groups excluding carboxylic acids is 1. The van der Waals surface area contributed by atoms with Crippen LogP contribution in [0.3, 0.4) is 0 Å². The zero-order valence-electron chi connectivity index (χ0n) is 13.7. The van der Waals surface area contributed by atoms with Crippen molar-refractivity contribution in [2.75, 3.05) is 13.7 Å². The number of nitrogens with one attached hydrogen (secondary N) is 1. The van der Waals surface area contributed by atoms with Crippen molar-refractivity contribution >= 4 is 5.91 Å². The number of piperidine rings is 1. The van der Waals surface area contributed by atoms with E-state index in [4.69, 9.17) is 9.47 Å². The van der Waals surface area contributed by atoms with Gasteiger partial charge in [0.2, 0.25) is 5.91 Å². The summed E-state index contributed by atoms with van der Waals surface area (Å²) < 4.78 is 11.9. The summed E-state index contributed by atoms with van der Waals surface area (Å²) in [6.45, 7) is 0.721. The lowest BCUT2D eigenvalue weighted by atomic mass is 9.91. The van der Waals surface area contributed by atoms with E-state index in [1.165, 1.54) is 31.2 Å². The lowest BCUT2D eigenvalue weighted by Gasteiger charge is -2.26. The van der Waals surface area contributed by atoms with Gasteiger partial charge in [0.25, 0.3) is 0 Å². The molecule has 2 bridgehead atoms. The first-order chi connectivity index (χ1) is 11.2. The summed E-state index contributed by atoms with van der Waals surface area (Å²) in [4.78, 5) is 11.4. The molecular formula is C19H25NO3. The topological polar surface area (TPSA) is 47.6 Å². The molecule has 1 heterocycles. The molecule has 1 saturated heterocycles. The standard InChI is InChI=1S/C19H25NO3/c1-22-16-6-4-13(15-5-7-19(21)20-11-15)10-18(16)23-17-9-12-2-3-14(17)8-12/h4,6,10,12,14-15,17H,2-3,5,7-9,11H2,1H3,(H,20,21)/t12-,14-,15?,17-/m0/s1. The molecule has 4 nitrogen and oxygen atoms in total. The highest BCUT2D eigenvalue weighted by atomic mass is 16.5. The van der Waals surface area contributed by atoms with Crippen LogP contribution in [0.15, 0.2) is 18.2 Å². The van der Waals surface area contributed by atoms with E-state index in [-0.39, 0.29) is 5.91 Å². The van der Waals surface area contributed by atoms with Gasteiger partial charge in [0, 0.05) is 18.9 Å². The van der Waals surface area contributed by atoms with Gasteiger partial charge in [-0.15, -0.1) is 0 Å². The molecule has 1 aliphatic heterocycles. The number of methoxy groups -OCH3 is 1. The number of hydrogen-bond acceptors (Lipinski definition) is 3. The van der Waals surface area contributed by atoms with Crippen molar-refractivity contribution in [3.63, 3.8) is 0 Å². The van der Waals surface area contributed by atoms with Crippen molar-refractivity contribution in [2.24, 2.45) is 11.8 Å². The van der Waals surface area contributed by atoms with Crippen molar-refractivity contribution in [3.8, 4) is 11.5 Å². The molecule has 3 aliphatic rings. The molecule has 3 fully saturated rings. The summed E-state index contributed by atoms with van der Waals surface area (Å²) in [7, 11) is 1.70. The predicted octanol–water partition coefficient (Wildman–Crippen LogP) is 3.26. The Hall–Kier alpha value is -1.71. The first kappa shape index (κ1) is 14.9. The fraction of sp³-hybridized carbons (Fsp3) is 0.632. The van der Waals surface area contributed by atoms with Crippen molar-refractivity contribution in [1.29, 1.82) is 0 Å². The van der Waals surface area contributed by atoms with Crippen LogP contribution in [0.2, 0.25) is 0 Å². The number of carbonyl (C=O) groups is 1. The van der Waals surface area contributed by atoms with Crippen LogP contribution >= 0.6 is 0 Å². The lowest BCUT2D eigenvalue weighted by molar-refractivity contribution is -0.122. The normalized spacial score (nSPS) is 32.7. The molecule has 23 heavy (non-hydrogen) atoms. The van der Waals surface area contributed by atoms with E-state index in [0.29, 0.717) is 18.4 Å². The van der Waals surface area contributed by atoms with E-state index in [1.807, 2.05) is 6.07 Å². The van der Waals surface area contributed by atoms with Crippen molar-refractivity contribution in [1.82, 2.24) is 5.32 Å². The van der Waals surface area contributed by atoms with Crippen LogP contribution in [0.4, 0.5) is 0 Å². The molecule has 0 aromatic heterocycles. The largest absolute Gasteiger partial charge is 0.493 e. The highest BCUT2D eigenvalue weighted by molar-refractivity contribution is 5.76. The smallest absolute Gasteiger partial charge is 0.220 e. The van der Waals surface area contributed by atoms with Gasteiger partial charge < -0.3 is 14.8 Å². The van der Waals surface area contributed by atoms with E-state index in [9.17, 15) is 4.79 Å². The Morgan fingerprint density at radius 2 is 2.04 bits per heavy atom. The highest BCUT2D eigenvalue weighted by Gasteiger charge is 2.41. The molecule has 1 aromatic rings. The second kappa shape index (κ2) is 6.06. The van der Waals surface area contributed by atoms with Crippen LogP contribution in [0.5, 0.6) is 11.5 Å². The van der Waals surface area contributed by atoms with Gasteiger partial charge in [-0.2, -0.15) is 0 Å². The number of fused-ring (bicyclic) bond motifs is 2. The average Bonchev–Trinajstić information content (AvgIpc) is 3.18. The maximum atomic E-state index is 11.4. The molecule has 4 heteroatoms. The molecular weight excluding hydrogens is 290 g/mol. The van der Waals surface area contributed by atoms with Gasteiger partial charge in [0.05, 0.1) is 7.11 Å². The number of amides is 1. The van der Waals surface area contributed by atoms with Gasteiger partial charge in [-0.1, -0.05) is 6.07 Å². The maximum Gasteiger partial charge on any atom is 0.220 e. The van der Waals surface area contributed by atoms with Gasteiger partial charge in [-0.25, -0.2) is 0 Å². The van der Waals surface area contributed by atoms with Crippen LogP contribution in [0.1, 0.15) is 50.0 Å². The Kier molecular flexibility index (Phi) is 3.92. The minimum Gasteiger partial charge on any atom is -0.493 e. The Labute approximate surface area is 137 Å². The zero-order valence-corrected chi connectivity index (χ0v) is 13.7. The van der Waals surface area contributed by atoms with Gasteiger partial charge >= 0.3 is 0 Å². The summed E-state index contributed by atoms with van der Waals surface area (Å²) in [5.74, 6) is 3.82. The van der Waals surface area contributed by atoms with Gasteiger partial charge in [0.1, 0.15) is 6.10 Å². The SMILES string of the molecule is COc1ccc(C2CCC(=O)NC2)cc1O[C@H]1C[C@H]2CC[C@H]1C2. The highest BCUT2D eigenvalue weighted by Crippen LogP contribution is 2.47. The minimum atomic E-state index is 0.160. The van der Waals surface area contributed by atoms with Crippen LogP contribution in [-0.2, 0) is 4.79 Å². The number of benzene rings is 1. The fourth-order valence-corrected chi connectivity index (χ4v) is 4.55. The molecule has 2 aliphatic carbocycles. The van der Waals surface area contributed by atoms with Crippen molar-refractivity contribution in [2.45, 2.75) is 50.5 Å². The van der Waals surface area contributed by atoms with E-state index in [0.717, 1.165) is 36.3 Å². The first-order valence-corrected chi connectivity index (χ1v) is 8.84. The molecule has 0 radical (unpaired) electrons. The third-order valence-corrected chi connectivity index (χ3v) is 5.88. The monoisotopic (exact) mass is 315 g/mol. The molecule has 1 N–H and O–H groups in total.